The zero-order valence-corrected chi connectivity index (χ0v) is 44.9. The van der Waals surface area contributed by atoms with Gasteiger partial charge in [0.25, 0.3) is 6.71 Å². The van der Waals surface area contributed by atoms with Crippen LogP contribution in [-0.2, 0) is 21.7 Å². The van der Waals surface area contributed by atoms with Gasteiger partial charge in [-0.1, -0.05) is 172 Å². The van der Waals surface area contributed by atoms with E-state index in [9.17, 15) is 0 Å². The fourth-order valence-electron chi connectivity index (χ4n) is 13.1. The Morgan fingerprint density at radius 3 is 1.37 bits per heavy atom. The highest BCUT2D eigenvalue weighted by Crippen LogP contribution is 2.52. The van der Waals surface area contributed by atoms with Crippen molar-refractivity contribution >= 4 is 101 Å². The first-order valence-electron chi connectivity index (χ1n) is 27.1. The van der Waals surface area contributed by atoms with Gasteiger partial charge in [0, 0.05) is 55.7 Å². The summed E-state index contributed by atoms with van der Waals surface area (Å²) in [7, 11) is 0. The molecule has 0 saturated carbocycles. The van der Waals surface area contributed by atoms with Crippen LogP contribution in [0.3, 0.4) is 0 Å². The molecule has 368 valence electrons. The molecule has 0 saturated heterocycles. The molecule has 0 bridgehead atoms. The SMILES string of the molecule is CC(C)(C)c1ccc2c(c1)B1c3cc4c(cc3N(c3ccc(-c5cccc6oc7ccccc7c56)cc3)c3cc(C(C)(C)C)cc(c31)N2c1ccc(-c2cccc3oc5ccccc5c23)cc1)C(C)(C)CCC4(C)C. The first-order valence-corrected chi connectivity index (χ1v) is 27.1. The first kappa shape index (κ1) is 45.8. The summed E-state index contributed by atoms with van der Waals surface area (Å²) < 4.78 is 12.8. The number of rotatable bonds is 4. The summed E-state index contributed by atoms with van der Waals surface area (Å²) in [5.74, 6) is 0. The van der Waals surface area contributed by atoms with Gasteiger partial charge in [0.15, 0.2) is 0 Å². The summed E-state index contributed by atoms with van der Waals surface area (Å²) >= 11 is 0. The summed E-state index contributed by atoms with van der Waals surface area (Å²) in [5.41, 5.74) is 25.1. The Morgan fingerprint density at radius 2 is 0.867 bits per heavy atom. The van der Waals surface area contributed by atoms with Gasteiger partial charge in [-0.15, -0.1) is 0 Å². The number of hydrogen-bond donors (Lipinski definition) is 0. The van der Waals surface area contributed by atoms with Crippen LogP contribution in [0.5, 0.6) is 0 Å². The maximum Gasteiger partial charge on any atom is 0.252 e. The molecule has 0 atom stereocenters. The van der Waals surface area contributed by atoms with Crippen molar-refractivity contribution in [3.05, 3.63) is 198 Å². The second-order valence-electron chi connectivity index (χ2n) is 25.2. The molecule has 0 radical (unpaired) electrons. The lowest BCUT2D eigenvalue weighted by molar-refractivity contribution is 0.332. The van der Waals surface area contributed by atoms with Crippen LogP contribution in [0.25, 0.3) is 66.1 Å². The maximum absolute atomic E-state index is 6.39. The van der Waals surface area contributed by atoms with E-state index in [1.54, 1.807) is 0 Å². The zero-order valence-electron chi connectivity index (χ0n) is 44.9. The van der Waals surface area contributed by atoms with E-state index in [1.165, 1.54) is 78.1 Å². The van der Waals surface area contributed by atoms with Crippen molar-refractivity contribution < 1.29 is 8.83 Å². The van der Waals surface area contributed by atoms with Gasteiger partial charge in [0.2, 0.25) is 0 Å². The molecule has 3 aliphatic rings. The normalized spacial score (nSPS) is 15.6. The van der Waals surface area contributed by atoms with Crippen molar-refractivity contribution in [3.63, 3.8) is 0 Å². The highest BCUT2D eigenvalue weighted by Gasteiger charge is 2.47. The summed E-state index contributed by atoms with van der Waals surface area (Å²) in [6.45, 7) is 24.0. The lowest BCUT2D eigenvalue weighted by Gasteiger charge is -2.48. The van der Waals surface area contributed by atoms with Crippen LogP contribution in [-0.4, -0.2) is 6.71 Å². The maximum atomic E-state index is 6.39. The number of nitrogens with zero attached hydrogens (tertiary/aromatic N) is 2. The number of anilines is 6. The fourth-order valence-corrected chi connectivity index (χ4v) is 13.1. The van der Waals surface area contributed by atoms with Crippen LogP contribution in [0.15, 0.2) is 185 Å². The van der Waals surface area contributed by atoms with Gasteiger partial charge in [-0.05, 0) is 168 Å². The lowest BCUT2D eigenvalue weighted by Crippen LogP contribution is -2.62. The molecule has 4 nitrogen and oxygen atoms in total. The second-order valence-corrected chi connectivity index (χ2v) is 25.2. The number of benzene rings is 9. The third-order valence-corrected chi connectivity index (χ3v) is 17.4. The van der Waals surface area contributed by atoms with Crippen LogP contribution in [0.1, 0.15) is 104 Å². The fraction of sp³-hybridized carbons (Fsp3) is 0.229. The van der Waals surface area contributed by atoms with E-state index >= 15 is 0 Å². The molecule has 0 unspecified atom stereocenters. The van der Waals surface area contributed by atoms with Crippen molar-refractivity contribution in [2.45, 2.75) is 104 Å². The third kappa shape index (κ3) is 6.96. The van der Waals surface area contributed by atoms with Crippen LogP contribution in [0.4, 0.5) is 34.1 Å². The minimum absolute atomic E-state index is 0.00699. The smallest absolute Gasteiger partial charge is 0.252 e. The standard InChI is InChI=1S/C70H63BN2O2/c1-67(2,3)44-29-34-56-54(37-44)71-55-40-52-53(70(9,10)36-35-69(52,7)8)41-57(55)73(47-32-27-43(28-33-47)49-20-16-24-63-65(49)51-18-12-14-22-61(51)75-63)59-39-45(68(4,5)6)38-58(66(59)71)72(56)46-30-25-42(26-31-46)48-19-15-23-62-64(48)50-17-11-13-21-60(50)74-62/h11-34,37-41H,35-36H2,1-10H3. The van der Waals surface area contributed by atoms with Gasteiger partial charge >= 0.3 is 0 Å². The van der Waals surface area contributed by atoms with E-state index in [4.69, 9.17) is 8.83 Å². The molecule has 0 amide bonds. The average Bonchev–Trinajstić information content (AvgIpc) is 4.12. The monoisotopic (exact) mass is 974 g/mol. The van der Waals surface area contributed by atoms with E-state index < -0.39 is 0 Å². The molecule has 0 fully saturated rings. The third-order valence-electron chi connectivity index (χ3n) is 17.4. The molecule has 2 aliphatic heterocycles. The highest BCUT2D eigenvalue weighted by molar-refractivity contribution is 7.00. The topological polar surface area (TPSA) is 32.8 Å². The number of furan rings is 2. The van der Waals surface area contributed by atoms with Crippen molar-refractivity contribution in [3.8, 4) is 22.3 Å². The Labute approximate surface area is 441 Å². The molecule has 75 heavy (non-hydrogen) atoms. The molecule has 9 aromatic carbocycles. The van der Waals surface area contributed by atoms with Gasteiger partial charge in [-0.2, -0.15) is 0 Å². The molecule has 4 heterocycles. The molecule has 0 spiro atoms. The van der Waals surface area contributed by atoms with Crippen molar-refractivity contribution in [2.75, 3.05) is 9.80 Å². The van der Waals surface area contributed by atoms with Crippen LogP contribution < -0.4 is 26.2 Å². The number of fused-ring (bicyclic) bond motifs is 11. The number of para-hydroxylation sites is 2. The van der Waals surface area contributed by atoms with Crippen molar-refractivity contribution in [1.82, 2.24) is 0 Å². The van der Waals surface area contributed by atoms with Crippen LogP contribution >= 0.6 is 0 Å². The van der Waals surface area contributed by atoms with Crippen molar-refractivity contribution in [1.29, 1.82) is 0 Å². The highest BCUT2D eigenvalue weighted by atomic mass is 16.3. The summed E-state index contributed by atoms with van der Waals surface area (Å²) in [6, 6.07) is 66.1. The predicted octanol–water partition coefficient (Wildman–Crippen LogP) is 17.8. The Hall–Kier alpha value is -7.76. The molecule has 1 aliphatic carbocycles. The Kier molecular flexibility index (Phi) is 9.71. The van der Waals surface area contributed by atoms with Gasteiger partial charge in [0.05, 0.1) is 0 Å². The van der Waals surface area contributed by atoms with Gasteiger partial charge < -0.3 is 18.6 Å². The van der Waals surface area contributed by atoms with Crippen LogP contribution in [0, 0.1) is 0 Å². The van der Waals surface area contributed by atoms with E-state index in [-0.39, 0.29) is 28.4 Å². The summed E-state index contributed by atoms with van der Waals surface area (Å²) in [4.78, 5) is 5.21. The van der Waals surface area contributed by atoms with Gasteiger partial charge in [0.1, 0.15) is 22.3 Å². The zero-order chi connectivity index (χ0) is 51.5. The van der Waals surface area contributed by atoms with Gasteiger partial charge in [-0.25, -0.2) is 0 Å². The molecular formula is C70H63BN2O2. The molecule has 2 aromatic heterocycles. The molecule has 0 N–H and O–H groups in total. The van der Waals surface area contributed by atoms with E-state index in [2.05, 4.69) is 249 Å². The Balaban J connectivity index is 1.02. The first-order chi connectivity index (χ1) is 35.9. The van der Waals surface area contributed by atoms with Crippen LogP contribution in [0.2, 0.25) is 0 Å². The number of hydrogen-bond acceptors (Lipinski definition) is 4. The lowest BCUT2D eigenvalue weighted by atomic mass is 9.32. The minimum atomic E-state index is -0.150. The largest absolute Gasteiger partial charge is 0.456 e. The molecule has 5 heteroatoms. The summed E-state index contributed by atoms with van der Waals surface area (Å²) in [6.07, 6.45) is 2.30. The van der Waals surface area contributed by atoms with Crippen molar-refractivity contribution in [2.24, 2.45) is 0 Å². The molecule has 14 rings (SSSR count). The molecular weight excluding hydrogens is 912 g/mol. The average molecular weight is 975 g/mol. The predicted molar refractivity (Wildman–Crippen MR) is 319 cm³/mol. The van der Waals surface area contributed by atoms with E-state index in [0.717, 1.165) is 73.7 Å². The van der Waals surface area contributed by atoms with E-state index in [0.29, 0.717) is 0 Å². The summed E-state index contributed by atoms with van der Waals surface area (Å²) in [5, 5.41) is 4.59. The van der Waals surface area contributed by atoms with Gasteiger partial charge in [-0.3, -0.25) is 0 Å². The quantitative estimate of drug-likeness (QED) is 0.165. The molecule has 11 aromatic rings. The second kappa shape index (κ2) is 15.9. The minimum Gasteiger partial charge on any atom is -0.456 e. The van der Waals surface area contributed by atoms with E-state index in [1.807, 2.05) is 6.07 Å². The Bertz CT molecular complexity index is 4160. The Morgan fingerprint density at radius 1 is 0.413 bits per heavy atom.